The van der Waals surface area contributed by atoms with E-state index in [4.69, 9.17) is 11.6 Å². The molecule has 0 N–H and O–H groups in total. The Morgan fingerprint density at radius 3 is 2.77 bits per heavy atom. The van der Waals surface area contributed by atoms with Crippen LogP contribution < -0.4 is 0 Å². The van der Waals surface area contributed by atoms with Gasteiger partial charge in [0.05, 0.1) is 0 Å². The molecule has 0 unspecified atom stereocenters. The summed E-state index contributed by atoms with van der Waals surface area (Å²) in [5.74, 6) is 6.68. The Kier molecular flexibility index (Phi) is 3.65. The molecule has 0 nitrogen and oxygen atoms in total. The second-order valence-electron chi connectivity index (χ2n) is 8.87. The number of hydrogen-bond donors (Lipinski definition) is 0. The van der Waals surface area contributed by atoms with Gasteiger partial charge in [0.25, 0.3) is 0 Å². The van der Waals surface area contributed by atoms with E-state index >= 15 is 0 Å². The van der Waals surface area contributed by atoms with Gasteiger partial charge in [0.2, 0.25) is 0 Å². The highest BCUT2D eigenvalue weighted by Gasteiger charge is 2.58. The number of halogens is 1. The fraction of sp³-hybridized carbons (Fsp3) is 0.810. The minimum Gasteiger partial charge on any atom is -0.0848 e. The quantitative estimate of drug-likeness (QED) is 0.371. The molecule has 4 rings (SSSR count). The van der Waals surface area contributed by atoms with Crippen molar-refractivity contribution in [3.63, 3.8) is 0 Å². The Balaban J connectivity index is 1.66. The molecule has 3 fully saturated rings. The van der Waals surface area contributed by atoms with E-state index in [0.717, 1.165) is 17.8 Å². The van der Waals surface area contributed by atoms with Crippen LogP contribution in [0, 0.1) is 45.8 Å². The van der Waals surface area contributed by atoms with Gasteiger partial charge in [-0.3, -0.25) is 0 Å². The van der Waals surface area contributed by atoms with Crippen molar-refractivity contribution in [1.29, 1.82) is 0 Å². The average Bonchev–Trinajstić information content (AvgIpc) is 2.84. The lowest BCUT2D eigenvalue weighted by Crippen LogP contribution is -2.49. The molecule has 0 bridgehead atoms. The van der Waals surface area contributed by atoms with Crippen molar-refractivity contribution in [1.82, 2.24) is 0 Å². The van der Waals surface area contributed by atoms with Gasteiger partial charge in [-0.25, -0.2) is 0 Å². The summed E-state index contributed by atoms with van der Waals surface area (Å²) in [6.07, 6.45) is 15.1. The first-order valence-corrected chi connectivity index (χ1v) is 9.78. The third kappa shape index (κ3) is 1.97. The maximum Gasteiger partial charge on any atom is 0.0272 e. The van der Waals surface area contributed by atoms with Crippen LogP contribution in [0.15, 0.2) is 11.6 Å². The fourth-order valence-electron chi connectivity index (χ4n) is 7.06. The predicted octanol–water partition coefficient (Wildman–Crippen LogP) is 6.16. The highest BCUT2D eigenvalue weighted by atomic mass is 35.5. The molecular formula is C21H29Cl. The highest BCUT2D eigenvalue weighted by molar-refractivity contribution is 6.30. The second-order valence-corrected chi connectivity index (χ2v) is 9.06. The molecule has 4 aliphatic carbocycles. The average molecular weight is 317 g/mol. The SMILES string of the molecule is C[C@]12CC[C@H]3[C@@H](CCC4=CCCC[C@@]43C)[C@@H]1CC[C@H]2C#CCl. The summed E-state index contributed by atoms with van der Waals surface area (Å²) >= 11 is 5.76. The van der Waals surface area contributed by atoms with Crippen molar-refractivity contribution in [3.8, 4) is 11.3 Å². The lowest BCUT2D eigenvalue weighted by molar-refractivity contribution is -0.0441. The molecular weight excluding hydrogens is 288 g/mol. The van der Waals surface area contributed by atoms with Crippen molar-refractivity contribution in [2.24, 2.45) is 34.5 Å². The van der Waals surface area contributed by atoms with Gasteiger partial charge < -0.3 is 0 Å². The molecule has 0 aromatic heterocycles. The maximum atomic E-state index is 5.76. The summed E-state index contributed by atoms with van der Waals surface area (Å²) in [5, 5.41) is 2.71. The minimum atomic E-state index is 0.440. The molecule has 0 aromatic carbocycles. The first-order valence-electron chi connectivity index (χ1n) is 9.40. The van der Waals surface area contributed by atoms with Crippen molar-refractivity contribution in [2.75, 3.05) is 0 Å². The molecule has 0 amide bonds. The summed E-state index contributed by atoms with van der Waals surface area (Å²) in [6.45, 7) is 5.13. The normalized spacial score (nSPS) is 50.0. The van der Waals surface area contributed by atoms with Gasteiger partial charge in [-0.1, -0.05) is 31.4 Å². The van der Waals surface area contributed by atoms with Gasteiger partial charge >= 0.3 is 0 Å². The maximum absolute atomic E-state index is 5.76. The zero-order valence-electron chi connectivity index (χ0n) is 14.1. The predicted molar refractivity (Wildman–Crippen MR) is 93.4 cm³/mol. The topological polar surface area (TPSA) is 0 Å². The summed E-state index contributed by atoms with van der Waals surface area (Å²) in [6, 6.07) is 0. The van der Waals surface area contributed by atoms with E-state index < -0.39 is 0 Å². The molecule has 0 heterocycles. The first kappa shape index (κ1) is 15.1. The van der Waals surface area contributed by atoms with Crippen LogP contribution in [0.1, 0.15) is 71.6 Å². The number of rotatable bonds is 0. The van der Waals surface area contributed by atoms with E-state index in [1.807, 2.05) is 5.57 Å². The molecule has 3 saturated carbocycles. The van der Waals surface area contributed by atoms with Crippen LogP contribution in [-0.4, -0.2) is 0 Å². The van der Waals surface area contributed by atoms with Crippen LogP contribution in [0.25, 0.3) is 0 Å². The van der Waals surface area contributed by atoms with Crippen LogP contribution in [0.5, 0.6) is 0 Å². The Morgan fingerprint density at radius 2 is 1.95 bits per heavy atom. The molecule has 0 spiro atoms. The van der Waals surface area contributed by atoms with Gasteiger partial charge in [-0.05, 0) is 98.0 Å². The van der Waals surface area contributed by atoms with E-state index in [9.17, 15) is 0 Å². The first-order chi connectivity index (χ1) is 10.6. The molecule has 4 aliphatic rings. The van der Waals surface area contributed by atoms with Gasteiger partial charge in [-0.15, -0.1) is 0 Å². The molecule has 0 aliphatic heterocycles. The minimum absolute atomic E-state index is 0.440. The summed E-state index contributed by atoms with van der Waals surface area (Å²) in [7, 11) is 0. The van der Waals surface area contributed by atoms with Crippen LogP contribution in [0.3, 0.4) is 0 Å². The zero-order valence-corrected chi connectivity index (χ0v) is 14.9. The number of allylic oxidation sites excluding steroid dienone is 2. The summed E-state index contributed by atoms with van der Waals surface area (Å²) in [5.41, 5.74) is 2.78. The van der Waals surface area contributed by atoms with E-state index in [0.29, 0.717) is 16.7 Å². The van der Waals surface area contributed by atoms with Crippen molar-refractivity contribution in [2.45, 2.75) is 71.6 Å². The van der Waals surface area contributed by atoms with Crippen molar-refractivity contribution in [3.05, 3.63) is 11.6 Å². The van der Waals surface area contributed by atoms with Gasteiger partial charge in [0, 0.05) is 11.3 Å². The van der Waals surface area contributed by atoms with Crippen LogP contribution in [0.4, 0.5) is 0 Å². The molecule has 1 heteroatoms. The summed E-state index contributed by atoms with van der Waals surface area (Å²) < 4.78 is 0. The molecule has 6 atom stereocenters. The summed E-state index contributed by atoms with van der Waals surface area (Å²) in [4.78, 5) is 0. The fourth-order valence-corrected chi connectivity index (χ4v) is 7.19. The molecule has 0 saturated heterocycles. The second kappa shape index (κ2) is 5.31. The van der Waals surface area contributed by atoms with E-state index in [1.165, 1.54) is 57.8 Å². The Bertz CT molecular complexity index is 550. The Labute approximate surface area is 141 Å². The Morgan fingerprint density at radius 1 is 1.09 bits per heavy atom. The van der Waals surface area contributed by atoms with E-state index in [-0.39, 0.29) is 0 Å². The highest BCUT2D eigenvalue weighted by Crippen LogP contribution is 2.66. The van der Waals surface area contributed by atoms with Crippen LogP contribution >= 0.6 is 11.6 Å². The van der Waals surface area contributed by atoms with Gasteiger partial charge in [0.1, 0.15) is 0 Å². The number of hydrogen-bond acceptors (Lipinski definition) is 0. The van der Waals surface area contributed by atoms with E-state index in [2.05, 4.69) is 31.2 Å². The molecule has 0 radical (unpaired) electrons. The lowest BCUT2D eigenvalue weighted by Gasteiger charge is -2.58. The largest absolute Gasteiger partial charge is 0.0848 e. The zero-order chi connectivity index (χ0) is 15.4. The van der Waals surface area contributed by atoms with Crippen molar-refractivity contribution < 1.29 is 0 Å². The van der Waals surface area contributed by atoms with Crippen LogP contribution in [-0.2, 0) is 0 Å². The monoisotopic (exact) mass is 316 g/mol. The van der Waals surface area contributed by atoms with Gasteiger partial charge in [0.15, 0.2) is 0 Å². The lowest BCUT2D eigenvalue weighted by atomic mass is 9.47. The van der Waals surface area contributed by atoms with Gasteiger partial charge in [-0.2, -0.15) is 0 Å². The van der Waals surface area contributed by atoms with E-state index in [1.54, 1.807) is 0 Å². The molecule has 22 heavy (non-hydrogen) atoms. The Hall–Kier alpha value is -0.410. The third-order valence-electron chi connectivity index (χ3n) is 8.26. The molecule has 120 valence electrons. The number of fused-ring (bicyclic) bond motifs is 5. The standard InChI is InChI=1S/C21H29Cl/c1-20-12-4-3-5-15(20)6-8-17-18-9-7-16(11-14-22)21(18,2)13-10-19(17)20/h5,16-19H,3-4,6-10,12-13H2,1-2H3/t16-,17-,18-,19-,20-,21+/m0/s1. The molecule has 0 aromatic rings. The van der Waals surface area contributed by atoms with Crippen molar-refractivity contribution >= 4 is 11.6 Å². The smallest absolute Gasteiger partial charge is 0.0272 e. The third-order valence-corrected chi connectivity index (χ3v) is 8.36. The van der Waals surface area contributed by atoms with Crippen LogP contribution in [0.2, 0.25) is 0 Å².